The summed E-state index contributed by atoms with van der Waals surface area (Å²) in [6.45, 7) is 3.83. The second-order valence-electron chi connectivity index (χ2n) is 2.13. The van der Waals surface area contributed by atoms with Gasteiger partial charge in [0.15, 0.2) is 0 Å². The molecular weight excluding hydrogens is 237 g/mol. The van der Waals surface area contributed by atoms with Crippen LogP contribution in [0.4, 0.5) is 0 Å². The quantitative estimate of drug-likeness (QED) is 0.500. The third-order valence-corrected chi connectivity index (χ3v) is 4.96. The van der Waals surface area contributed by atoms with E-state index in [1.54, 1.807) is 0 Å². The van der Waals surface area contributed by atoms with Crippen molar-refractivity contribution in [1.82, 2.24) is 3.12 Å². The molecule has 0 spiro atoms. The first-order valence-corrected chi connectivity index (χ1v) is 6.73. The second kappa shape index (κ2) is 5.09. The summed E-state index contributed by atoms with van der Waals surface area (Å²) in [5.74, 6) is 0. The van der Waals surface area contributed by atoms with Crippen molar-refractivity contribution in [2.24, 2.45) is 0 Å². The number of carbonyl (C=O) groups excluding carboxylic acids is 1. The minimum absolute atomic E-state index is 0.506. The molecule has 1 aliphatic rings. The molecule has 1 fully saturated rings. The molecule has 1 aliphatic heterocycles. The third-order valence-electron chi connectivity index (χ3n) is 1.41. The molecule has 0 aromatic carbocycles. The number of morpholine rings is 1. The van der Waals surface area contributed by atoms with E-state index in [-0.39, 0.29) is 0 Å². The molecule has 56 valence electrons. The van der Waals surface area contributed by atoms with Gasteiger partial charge in [-0.3, -0.25) is 0 Å². The van der Waals surface area contributed by atoms with Crippen molar-refractivity contribution < 1.29 is 9.53 Å². The first-order chi connectivity index (χ1) is 4.93. The van der Waals surface area contributed by atoms with E-state index < -0.39 is 21.4 Å². The summed E-state index contributed by atoms with van der Waals surface area (Å²) in [6, 6.07) is 0. The van der Waals surface area contributed by atoms with Crippen molar-refractivity contribution in [2.75, 3.05) is 26.3 Å². The van der Waals surface area contributed by atoms with Crippen molar-refractivity contribution in [3.05, 3.63) is 0 Å². The van der Waals surface area contributed by atoms with Crippen molar-refractivity contribution in [3.63, 3.8) is 0 Å². The number of ether oxygens (including phenoxy) is 1. The van der Waals surface area contributed by atoms with E-state index >= 15 is 0 Å². The summed E-state index contributed by atoms with van der Waals surface area (Å²) < 4.78 is 8.42. The molecule has 0 aromatic rings. The fourth-order valence-corrected chi connectivity index (χ4v) is 3.26. The maximum atomic E-state index is 10.0. The van der Waals surface area contributed by atoms with E-state index in [1.807, 2.05) is 0 Å². The zero-order chi connectivity index (χ0) is 7.23. The SMILES string of the molecule is O=C[CH2][Sn][N]1CCOCC1. The number of nitrogens with zero attached hydrogens (tertiary/aromatic N) is 1. The van der Waals surface area contributed by atoms with E-state index in [9.17, 15) is 4.79 Å². The Labute approximate surface area is 71.3 Å². The molecule has 0 unspecified atom stereocenters. The Morgan fingerprint density at radius 3 is 2.80 bits per heavy atom. The molecule has 2 radical (unpaired) electrons. The summed E-state index contributed by atoms with van der Waals surface area (Å²) in [4.78, 5) is 10.0. The number of rotatable bonds is 3. The van der Waals surface area contributed by atoms with Crippen molar-refractivity contribution in [2.45, 2.75) is 4.44 Å². The van der Waals surface area contributed by atoms with Crippen LogP contribution in [0.1, 0.15) is 0 Å². The van der Waals surface area contributed by atoms with Gasteiger partial charge >= 0.3 is 71.1 Å². The number of aldehydes is 1. The molecule has 0 N–H and O–H groups in total. The average molecular weight is 248 g/mol. The number of hydrogen-bond acceptors (Lipinski definition) is 3. The predicted molar refractivity (Wildman–Crippen MR) is 39.0 cm³/mol. The number of carbonyl (C=O) groups is 1. The van der Waals surface area contributed by atoms with Gasteiger partial charge in [-0.05, 0) is 0 Å². The van der Waals surface area contributed by atoms with Crippen LogP contribution in [0.15, 0.2) is 0 Å². The summed E-state index contributed by atoms with van der Waals surface area (Å²) in [5.41, 5.74) is 0. The van der Waals surface area contributed by atoms with Gasteiger partial charge in [-0.15, -0.1) is 0 Å². The molecule has 1 rings (SSSR count). The average Bonchev–Trinajstić information content (AvgIpc) is 2.03. The Morgan fingerprint density at radius 2 is 2.20 bits per heavy atom. The molecule has 0 bridgehead atoms. The topological polar surface area (TPSA) is 29.5 Å². The molecule has 10 heavy (non-hydrogen) atoms. The van der Waals surface area contributed by atoms with E-state index in [2.05, 4.69) is 3.12 Å². The van der Waals surface area contributed by atoms with Gasteiger partial charge in [0, 0.05) is 0 Å². The van der Waals surface area contributed by atoms with E-state index in [1.165, 1.54) is 0 Å². The summed E-state index contributed by atoms with van der Waals surface area (Å²) in [7, 11) is 0. The van der Waals surface area contributed by atoms with Gasteiger partial charge in [-0.2, -0.15) is 0 Å². The zero-order valence-corrected chi connectivity index (χ0v) is 8.73. The molecule has 0 amide bonds. The van der Waals surface area contributed by atoms with Gasteiger partial charge in [-0.1, -0.05) is 0 Å². The van der Waals surface area contributed by atoms with E-state index in [0.29, 0.717) is 0 Å². The normalized spacial score (nSPS) is 20.8. The van der Waals surface area contributed by atoms with E-state index in [4.69, 9.17) is 4.74 Å². The molecule has 0 aliphatic carbocycles. The molecule has 4 heteroatoms. The zero-order valence-electron chi connectivity index (χ0n) is 5.88. The maximum absolute atomic E-state index is 10.0. The molecule has 3 nitrogen and oxygen atoms in total. The van der Waals surface area contributed by atoms with Gasteiger partial charge < -0.3 is 0 Å². The van der Waals surface area contributed by atoms with Gasteiger partial charge in [0.25, 0.3) is 0 Å². The minimum atomic E-state index is -0.506. The Bertz CT molecular complexity index is 104. The van der Waals surface area contributed by atoms with Crippen molar-refractivity contribution >= 4 is 27.7 Å². The van der Waals surface area contributed by atoms with Crippen LogP contribution in [-0.2, 0) is 9.53 Å². The van der Waals surface area contributed by atoms with Crippen LogP contribution in [0.2, 0.25) is 4.44 Å². The molecular formula is C6H11NO2Sn. The predicted octanol–water partition coefficient (Wildman–Crippen LogP) is -0.445. The second-order valence-corrected chi connectivity index (χ2v) is 6.00. The van der Waals surface area contributed by atoms with Crippen LogP contribution < -0.4 is 0 Å². The van der Waals surface area contributed by atoms with Crippen molar-refractivity contribution in [1.29, 1.82) is 0 Å². The van der Waals surface area contributed by atoms with Crippen LogP contribution in [-0.4, -0.2) is 57.1 Å². The van der Waals surface area contributed by atoms with Gasteiger partial charge in [0.2, 0.25) is 0 Å². The fourth-order valence-electron chi connectivity index (χ4n) is 0.888. The Kier molecular flexibility index (Phi) is 4.32. The number of hydrogen-bond donors (Lipinski definition) is 0. The van der Waals surface area contributed by atoms with Crippen molar-refractivity contribution in [3.8, 4) is 0 Å². The first kappa shape index (κ1) is 8.48. The third kappa shape index (κ3) is 2.98. The van der Waals surface area contributed by atoms with Gasteiger partial charge in [-0.25, -0.2) is 0 Å². The van der Waals surface area contributed by atoms with Crippen LogP contribution in [0, 0.1) is 0 Å². The first-order valence-electron chi connectivity index (χ1n) is 3.43. The Hall–Kier alpha value is 0.389. The van der Waals surface area contributed by atoms with Crippen LogP contribution in [0.3, 0.4) is 0 Å². The van der Waals surface area contributed by atoms with E-state index in [0.717, 1.165) is 37.0 Å². The van der Waals surface area contributed by atoms with Gasteiger partial charge in [0.05, 0.1) is 0 Å². The van der Waals surface area contributed by atoms with Crippen LogP contribution in [0.25, 0.3) is 0 Å². The molecule has 1 heterocycles. The molecule has 1 saturated heterocycles. The molecule has 0 atom stereocenters. The molecule has 0 aromatic heterocycles. The Balaban J connectivity index is 2.07. The summed E-state index contributed by atoms with van der Waals surface area (Å²) in [6.07, 6.45) is 1.04. The Morgan fingerprint density at radius 1 is 1.50 bits per heavy atom. The summed E-state index contributed by atoms with van der Waals surface area (Å²) >= 11 is -0.506. The monoisotopic (exact) mass is 249 g/mol. The fraction of sp³-hybridized carbons (Fsp3) is 0.833. The standard InChI is InChI=1S/C4H8NO.C2H3O.Sn/c1-3-6-4-2-5-1;1-2-3;/h1-4H2;2H,1H2;/q-1;;+1. The summed E-state index contributed by atoms with van der Waals surface area (Å²) in [5, 5.41) is 0. The van der Waals surface area contributed by atoms with Crippen LogP contribution >= 0.6 is 0 Å². The van der Waals surface area contributed by atoms with Crippen LogP contribution in [0.5, 0.6) is 0 Å². The van der Waals surface area contributed by atoms with Gasteiger partial charge in [0.1, 0.15) is 0 Å². The molecule has 0 saturated carbocycles.